The van der Waals surface area contributed by atoms with Crippen molar-refractivity contribution >= 4 is 29.0 Å². The van der Waals surface area contributed by atoms with E-state index in [1.165, 1.54) is 12.1 Å². The van der Waals surface area contributed by atoms with Gasteiger partial charge < -0.3 is 0 Å². The number of hydrogen-bond donors (Lipinski definition) is 0. The average Bonchev–Trinajstić information content (AvgIpc) is 2.37. The predicted molar refractivity (Wildman–Crippen MR) is 71.3 cm³/mol. The molecule has 2 aromatic rings. The van der Waals surface area contributed by atoms with Gasteiger partial charge in [0.1, 0.15) is 0 Å². The molecule has 0 amide bonds. The van der Waals surface area contributed by atoms with E-state index in [-0.39, 0.29) is 15.6 Å². The first-order valence-electron chi connectivity index (χ1n) is 5.46. The number of rotatable bonds is 2. The van der Waals surface area contributed by atoms with E-state index >= 15 is 0 Å². The molecule has 0 aliphatic rings. The molecule has 1 nitrogen and oxygen atoms in total. The normalized spacial score (nSPS) is 11.4. The second-order valence-electron chi connectivity index (χ2n) is 4.01. The number of carbonyl (C=O) groups excluding carboxylic acids is 1. The minimum absolute atomic E-state index is 0.132. The maximum Gasteiger partial charge on any atom is 0.416 e. The van der Waals surface area contributed by atoms with Gasteiger partial charge in [0.05, 0.1) is 21.2 Å². The van der Waals surface area contributed by atoms with Gasteiger partial charge in [-0.3, -0.25) is 4.79 Å². The molecule has 0 saturated heterocycles. The molecule has 0 aliphatic carbocycles. The van der Waals surface area contributed by atoms with Crippen molar-refractivity contribution < 1.29 is 18.0 Å². The summed E-state index contributed by atoms with van der Waals surface area (Å²) in [6.45, 7) is 0. The number of ketones is 1. The fourth-order valence-electron chi connectivity index (χ4n) is 1.69. The number of carbonyl (C=O) groups is 1. The predicted octanol–water partition coefficient (Wildman–Crippen LogP) is 5.24. The van der Waals surface area contributed by atoms with Crippen LogP contribution in [0.4, 0.5) is 13.2 Å². The molecule has 20 heavy (non-hydrogen) atoms. The zero-order valence-corrected chi connectivity index (χ0v) is 11.4. The largest absolute Gasteiger partial charge is 0.416 e. The number of benzene rings is 2. The second kappa shape index (κ2) is 5.46. The first-order chi connectivity index (χ1) is 9.30. The molecule has 0 heterocycles. The third-order valence-electron chi connectivity index (χ3n) is 2.63. The lowest BCUT2D eigenvalue weighted by molar-refractivity contribution is -0.137. The number of halogens is 5. The monoisotopic (exact) mass is 318 g/mol. The van der Waals surface area contributed by atoms with E-state index in [9.17, 15) is 18.0 Å². The van der Waals surface area contributed by atoms with Gasteiger partial charge in [-0.2, -0.15) is 13.2 Å². The SMILES string of the molecule is O=C(c1ccccc1)c1c(Cl)cc(C(F)(F)F)cc1Cl. The Morgan fingerprint density at radius 3 is 1.90 bits per heavy atom. The Morgan fingerprint density at radius 1 is 0.950 bits per heavy atom. The smallest absolute Gasteiger partial charge is 0.288 e. The summed E-state index contributed by atoms with van der Waals surface area (Å²) in [5.41, 5.74) is -0.819. The van der Waals surface area contributed by atoms with Crippen LogP contribution in [0.25, 0.3) is 0 Å². The summed E-state index contributed by atoms with van der Waals surface area (Å²) in [6.07, 6.45) is -4.57. The third kappa shape index (κ3) is 2.97. The molecular formula is C14H7Cl2F3O. The second-order valence-corrected chi connectivity index (χ2v) is 4.82. The van der Waals surface area contributed by atoms with E-state index in [1.807, 2.05) is 0 Å². The van der Waals surface area contributed by atoms with Gasteiger partial charge in [0.2, 0.25) is 0 Å². The summed E-state index contributed by atoms with van der Waals surface area (Å²) in [5.74, 6) is -0.519. The van der Waals surface area contributed by atoms with Crippen LogP contribution in [0.3, 0.4) is 0 Å². The molecular weight excluding hydrogens is 312 g/mol. The minimum Gasteiger partial charge on any atom is -0.288 e. The molecule has 6 heteroatoms. The van der Waals surface area contributed by atoms with E-state index in [0.29, 0.717) is 17.7 Å². The first kappa shape index (κ1) is 14.9. The Hall–Kier alpha value is -1.52. The summed E-state index contributed by atoms with van der Waals surface area (Å²) >= 11 is 11.6. The Bertz CT molecular complexity index is 628. The van der Waals surface area contributed by atoms with Gasteiger partial charge in [-0.25, -0.2) is 0 Å². The van der Waals surface area contributed by atoms with Crippen LogP contribution in [0.2, 0.25) is 10.0 Å². The molecule has 0 atom stereocenters. The highest BCUT2D eigenvalue weighted by Gasteiger charge is 2.32. The fraction of sp³-hybridized carbons (Fsp3) is 0.0714. The summed E-state index contributed by atoms with van der Waals surface area (Å²) in [4.78, 5) is 12.2. The highest BCUT2D eigenvalue weighted by molar-refractivity contribution is 6.41. The molecule has 2 aromatic carbocycles. The lowest BCUT2D eigenvalue weighted by Crippen LogP contribution is -2.08. The molecule has 0 fully saturated rings. The van der Waals surface area contributed by atoms with Gasteiger partial charge in [0.15, 0.2) is 5.78 Å². The molecule has 0 radical (unpaired) electrons. The maximum atomic E-state index is 12.6. The average molecular weight is 319 g/mol. The van der Waals surface area contributed by atoms with Gasteiger partial charge in [-0.05, 0) is 12.1 Å². The molecule has 2 rings (SSSR count). The summed E-state index contributed by atoms with van der Waals surface area (Å²) in [6, 6.07) is 9.46. The standard InChI is InChI=1S/C14H7Cl2F3O/c15-10-6-9(14(17,18)19)7-11(16)12(10)13(20)8-4-2-1-3-5-8/h1-7H. The molecule has 0 unspecified atom stereocenters. The van der Waals surface area contributed by atoms with Crippen LogP contribution < -0.4 is 0 Å². The van der Waals surface area contributed by atoms with Gasteiger partial charge in [0.25, 0.3) is 0 Å². The van der Waals surface area contributed by atoms with Crippen molar-refractivity contribution in [1.29, 1.82) is 0 Å². The quantitative estimate of drug-likeness (QED) is 0.692. The summed E-state index contributed by atoms with van der Waals surface area (Å²) in [7, 11) is 0. The molecule has 0 aromatic heterocycles. The lowest BCUT2D eigenvalue weighted by Gasteiger charge is -2.11. The molecule has 0 aliphatic heterocycles. The molecule has 0 saturated carbocycles. The van der Waals surface area contributed by atoms with Crippen LogP contribution in [0.5, 0.6) is 0 Å². The zero-order valence-electron chi connectivity index (χ0n) is 9.84. The van der Waals surface area contributed by atoms with Crippen LogP contribution in [0.15, 0.2) is 42.5 Å². The van der Waals surface area contributed by atoms with Gasteiger partial charge in [-0.15, -0.1) is 0 Å². The van der Waals surface area contributed by atoms with Gasteiger partial charge in [-0.1, -0.05) is 53.5 Å². The topological polar surface area (TPSA) is 17.1 Å². The van der Waals surface area contributed by atoms with Crippen molar-refractivity contribution in [3.63, 3.8) is 0 Å². The Labute approximate surface area is 122 Å². The van der Waals surface area contributed by atoms with Gasteiger partial charge >= 0.3 is 6.18 Å². The maximum absolute atomic E-state index is 12.6. The molecule has 104 valence electrons. The van der Waals surface area contributed by atoms with Crippen molar-refractivity contribution in [3.05, 3.63) is 69.2 Å². The highest BCUT2D eigenvalue weighted by Crippen LogP contribution is 2.36. The Kier molecular flexibility index (Phi) is 4.06. The van der Waals surface area contributed by atoms with Crippen molar-refractivity contribution in [3.8, 4) is 0 Å². The highest BCUT2D eigenvalue weighted by atomic mass is 35.5. The molecule has 0 N–H and O–H groups in total. The van der Waals surface area contributed by atoms with E-state index in [1.54, 1.807) is 18.2 Å². The number of hydrogen-bond acceptors (Lipinski definition) is 1. The van der Waals surface area contributed by atoms with E-state index in [2.05, 4.69) is 0 Å². The van der Waals surface area contributed by atoms with Crippen molar-refractivity contribution in [2.75, 3.05) is 0 Å². The van der Waals surface area contributed by atoms with E-state index in [0.717, 1.165) is 0 Å². The zero-order chi connectivity index (χ0) is 14.9. The van der Waals surface area contributed by atoms with Gasteiger partial charge in [0, 0.05) is 5.56 Å². The van der Waals surface area contributed by atoms with E-state index in [4.69, 9.17) is 23.2 Å². The van der Waals surface area contributed by atoms with Crippen molar-refractivity contribution in [2.24, 2.45) is 0 Å². The van der Waals surface area contributed by atoms with Crippen LogP contribution in [-0.2, 0) is 6.18 Å². The fourth-order valence-corrected chi connectivity index (χ4v) is 2.35. The summed E-state index contributed by atoms with van der Waals surface area (Å²) in [5, 5.41) is -0.641. The lowest BCUT2D eigenvalue weighted by atomic mass is 10.0. The van der Waals surface area contributed by atoms with Crippen LogP contribution in [-0.4, -0.2) is 5.78 Å². The van der Waals surface area contributed by atoms with Crippen LogP contribution >= 0.6 is 23.2 Å². The molecule has 0 bridgehead atoms. The first-order valence-corrected chi connectivity index (χ1v) is 6.22. The van der Waals surface area contributed by atoms with Crippen molar-refractivity contribution in [1.82, 2.24) is 0 Å². The van der Waals surface area contributed by atoms with Crippen molar-refractivity contribution in [2.45, 2.75) is 6.18 Å². The number of alkyl halides is 3. The minimum atomic E-state index is -4.57. The third-order valence-corrected chi connectivity index (χ3v) is 3.23. The van der Waals surface area contributed by atoms with Crippen LogP contribution in [0, 0.1) is 0 Å². The summed E-state index contributed by atoms with van der Waals surface area (Å²) < 4.78 is 37.8. The molecule has 0 spiro atoms. The Balaban J connectivity index is 2.52. The van der Waals surface area contributed by atoms with Crippen LogP contribution in [0.1, 0.15) is 21.5 Å². The Morgan fingerprint density at radius 2 is 1.45 bits per heavy atom. The van der Waals surface area contributed by atoms with E-state index < -0.39 is 17.5 Å².